The standard InChI is InChI=1S/C12H9BrN2O3/c1-12(2)11(16)9(13)10(17-12)6-3-4-7-8(5-6)15-18-14-7/h3-5H,1-2H3. The third-order valence-electron chi connectivity index (χ3n) is 2.82. The summed E-state index contributed by atoms with van der Waals surface area (Å²) in [6.07, 6.45) is 0. The molecule has 0 bridgehead atoms. The monoisotopic (exact) mass is 308 g/mol. The molecule has 5 nitrogen and oxygen atoms in total. The second-order valence-electron chi connectivity index (χ2n) is 4.55. The van der Waals surface area contributed by atoms with Crippen LogP contribution in [0.2, 0.25) is 0 Å². The molecule has 3 rings (SSSR count). The van der Waals surface area contributed by atoms with Crippen LogP contribution in [0.25, 0.3) is 16.8 Å². The second-order valence-corrected chi connectivity index (χ2v) is 5.35. The van der Waals surface area contributed by atoms with Gasteiger partial charge in [-0.3, -0.25) is 4.79 Å². The summed E-state index contributed by atoms with van der Waals surface area (Å²) in [4.78, 5) is 11.9. The number of rotatable bonds is 1. The molecule has 1 aliphatic rings. The van der Waals surface area contributed by atoms with Crippen LogP contribution in [0.15, 0.2) is 27.3 Å². The van der Waals surface area contributed by atoms with Gasteiger partial charge in [-0.15, -0.1) is 0 Å². The largest absolute Gasteiger partial charge is 0.478 e. The van der Waals surface area contributed by atoms with Crippen molar-refractivity contribution < 1.29 is 14.2 Å². The van der Waals surface area contributed by atoms with E-state index in [1.54, 1.807) is 26.0 Å². The van der Waals surface area contributed by atoms with Gasteiger partial charge in [0.25, 0.3) is 0 Å². The fourth-order valence-corrected chi connectivity index (χ4v) is 2.61. The number of carbonyl (C=O) groups is 1. The zero-order chi connectivity index (χ0) is 12.9. The minimum atomic E-state index is -0.842. The second kappa shape index (κ2) is 3.65. The molecule has 0 spiro atoms. The smallest absolute Gasteiger partial charge is 0.216 e. The summed E-state index contributed by atoms with van der Waals surface area (Å²) in [7, 11) is 0. The Bertz CT molecular complexity index is 687. The summed E-state index contributed by atoms with van der Waals surface area (Å²) in [6.45, 7) is 3.47. The third-order valence-corrected chi connectivity index (χ3v) is 3.54. The van der Waals surface area contributed by atoms with Gasteiger partial charge in [0.2, 0.25) is 5.78 Å². The van der Waals surface area contributed by atoms with E-state index in [0.717, 1.165) is 5.56 Å². The summed E-state index contributed by atoms with van der Waals surface area (Å²) in [6, 6.07) is 5.36. The van der Waals surface area contributed by atoms with Gasteiger partial charge in [-0.2, -0.15) is 0 Å². The summed E-state index contributed by atoms with van der Waals surface area (Å²) >= 11 is 3.28. The van der Waals surface area contributed by atoms with Crippen LogP contribution in [0.3, 0.4) is 0 Å². The average Bonchev–Trinajstić information content (AvgIpc) is 2.87. The topological polar surface area (TPSA) is 65.2 Å². The molecule has 0 amide bonds. The number of hydrogen-bond acceptors (Lipinski definition) is 5. The van der Waals surface area contributed by atoms with Crippen LogP contribution in [-0.4, -0.2) is 21.7 Å². The maximum Gasteiger partial charge on any atom is 0.216 e. The first-order chi connectivity index (χ1) is 8.49. The maximum absolute atomic E-state index is 11.9. The number of Topliss-reactive ketones (excluding diaryl/α,β-unsaturated/α-hetero) is 1. The summed E-state index contributed by atoms with van der Waals surface area (Å²) in [5.74, 6) is 0.450. The van der Waals surface area contributed by atoms with Crippen LogP contribution in [0.1, 0.15) is 19.4 Å². The highest BCUT2D eigenvalue weighted by Gasteiger charge is 2.41. The lowest BCUT2D eigenvalue weighted by atomic mass is 10.1. The number of carbonyl (C=O) groups excluding carboxylic acids is 1. The summed E-state index contributed by atoms with van der Waals surface area (Å²) in [5.41, 5.74) is 1.22. The number of aromatic nitrogens is 2. The third kappa shape index (κ3) is 1.56. The summed E-state index contributed by atoms with van der Waals surface area (Å²) < 4.78 is 10.8. The molecule has 0 saturated heterocycles. The predicted molar refractivity (Wildman–Crippen MR) is 67.8 cm³/mol. The van der Waals surface area contributed by atoms with Gasteiger partial charge >= 0.3 is 0 Å². The molecule has 0 unspecified atom stereocenters. The van der Waals surface area contributed by atoms with Gasteiger partial charge in [-0.25, -0.2) is 4.63 Å². The van der Waals surface area contributed by atoms with E-state index in [0.29, 0.717) is 21.3 Å². The molecule has 2 heterocycles. The van der Waals surface area contributed by atoms with Crippen molar-refractivity contribution in [3.8, 4) is 0 Å². The molecule has 0 N–H and O–H groups in total. The molecule has 6 heteroatoms. The van der Waals surface area contributed by atoms with E-state index in [-0.39, 0.29) is 5.78 Å². The van der Waals surface area contributed by atoms with Gasteiger partial charge in [0.15, 0.2) is 5.60 Å². The minimum absolute atomic E-state index is 0.0733. The van der Waals surface area contributed by atoms with Gasteiger partial charge in [-0.05, 0) is 58.3 Å². The minimum Gasteiger partial charge on any atom is -0.478 e. The van der Waals surface area contributed by atoms with Gasteiger partial charge < -0.3 is 4.74 Å². The van der Waals surface area contributed by atoms with Crippen LogP contribution in [0.5, 0.6) is 0 Å². The van der Waals surface area contributed by atoms with Crippen molar-refractivity contribution in [2.45, 2.75) is 19.4 Å². The number of halogens is 1. The Morgan fingerprint density at radius 2 is 1.94 bits per heavy atom. The lowest BCUT2D eigenvalue weighted by molar-refractivity contribution is -0.125. The lowest BCUT2D eigenvalue weighted by Gasteiger charge is -2.17. The molecule has 18 heavy (non-hydrogen) atoms. The zero-order valence-electron chi connectivity index (χ0n) is 9.73. The normalized spacial score (nSPS) is 18.5. The van der Waals surface area contributed by atoms with Gasteiger partial charge in [0.05, 0.1) is 0 Å². The highest BCUT2D eigenvalue weighted by molar-refractivity contribution is 9.12. The van der Waals surface area contributed by atoms with E-state index in [4.69, 9.17) is 4.74 Å². The van der Waals surface area contributed by atoms with E-state index in [2.05, 4.69) is 30.9 Å². The Kier molecular flexibility index (Phi) is 2.31. The van der Waals surface area contributed by atoms with Crippen LogP contribution >= 0.6 is 15.9 Å². The number of ether oxygens (including phenoxy) is 1. The quantitative estimate of drug-likeness (QED) is 0.810. The number of hydrogen-bond donors (Lipinski definition) is 0. The van der Waals surface area contributed by atoms with Crippen molar-refractivity contribution in [1.29, 1.82) is 0 Å². The highest BCUT2D eigenvalue weighted by atomic mass is 79.9. The Labute approximate surface area is 111 Å². The molecule has 0 aliphatic carbocycles. The Balaban J connectivity index is 2.12. The van der Waals surface area contributed by atoms with Gasteiger partial charge in [0.1, 0.15) is 21.3 Å². The Morgan fingerprint density at radius 3 is 2.61 bits per heavy atom. The van der Waals surface area contributed by atoms with E-state index >= 15 is 0 Å². The Morgan fingerprint density at radius 1 is 1.22 bits per heavy atom. The number of fused-ring (bicyclic) bond motifs is 1. The molecule has 0 atom stereocenters. The van der Waals surface area contributed by atoms with Gasteiger partial charge in [0, 0.05) is 5.56 Å². The molecule has 0 fully saturated rings. The fourth-order valence-electron chi connectivity index (χ4n) is 1.82. The average molecular weight is 309 g/mol. The zero-order valence-corrected chi connectivity index (χ0v) is 11.3. The number of benzene rings is 1. The summed E-state index contributed by atoms with van der Waals surface area (Å²) in [5, 5.41) is 7.49. The molecule has 2 aromatic rings. The van der Waals surface area contributed by atoms with Crippen molar-refractivity contribution in [2.24, 2.45) is 0 Å². The SMILES string of the molecule is CC1(C)OC(c2ccc3nonc3c2)=C(Br)C1=O. The first-order valence-corrected chi connectivity index (χ1v) is 6.14. The molecule has 1 aromatic heterocycles. The van der Waals surface area contributed by atoms with Crippen molar-refractivity contribution in [3.63, 3.8) is 0 Å². The molecule has 1 aromatic carbocycles. The molecular formula is C12H9BrN2O3. The van der Waals surface area contributed by atoms with Crippen LogP contribution in [0.4, 0.5) is 0 Å². The van der Waals surface area contributed by atoms with Crippen molar-refractivity contribution in [1.82, 2.24) is 10.3 Å². The van der Waals surface area contributed by atoms with Crippen LogP contribution in [-0.2, 0) is 9.53 Å². The fraction of sp³-hybridized carbons (Fsp3) is 0.250. The molecule has 1 aliphatic heterocycles. The first kappa shape index (κ1) is 11.4. The molecular weight excluding hydrogens is 300 g/mol. The number of nitrogens with zero attached hydrogens (tertiary/aromatic N) is 2. The molecule has 92 valence electrons. The van der Waals surface area contributed by atoms with Crippen molar-refractivity contribution in [3.05, 3.63) is 28.2 Å². The highest BCUT2D eigenvalue weighted by Crippen LogP contribution is 2.39. The maximum atomic E-state index is 11.9. The Hall–Kier alpha value is -1.69. The first-order valence-electron chi connectivity index (χ1n) is 5.35. The van der Waals surface area contributed by atoms with Crippen LogP contribution in [0, 0.1) is 0 Å². The van der Waals surface area contributed by atoms with Crippen LogP contribution < -0.4 is 0 Å². The lowest BCUT2D eigenvalue weighted by Crippen LogP contribution is -2.28. The molecule has 0 saturated carbocycles. The van der Waals surface area contributed by atoms with Crippen molar-refractivity contribution >= 4 is 38.5 Å². The van der Waals surface area contributed by atoms with E-state index in [9.17, 15) is 4.79 Å². The van der Waals surface area contributed by atoms with E-state index < -0.39 is 5.60 Å². The van der Waals surface area contributed by atoms with E-state index in [1.165, 1.54) is 0 Å². The molecule has 0 radical (unpaired) electrons. The van der Waals surface area contributed by atoms with Crippen molar-refractivity contribution in [2.75, 3.05) is 0 Å². The number of ketones is 1. The van der Waals surface area contributed by atoms with E-state index in [1.807, 2.05) is 6.07 Å². The predicted octanol–water partition coefficient (Wildman–Crippen LogP) is 2.66. The van der Waals surface area contributed by atoms with Gasteiger partial charge in [-0.1, -0.05) is 0 Å².